The second-order valence-corrected chi connectivity index (χ2v) is 4.15. The molecule has 2 aromatic rings. The lowest BCUT2D eigenvalue weighted by Gasteiger charge is -2.22. The van der Waals surface area contributed by atoms with Crippen molar-refractivity contribution in [1.82, 2.24) is 9.55 Å². The molecule has 82 valence electrons. The summed E-state index contributed by atoms with van der Waals surface area (Å²) in [7, 11) is 0. The Labute approximate surface area is 92.3 Å². The molecule has 0 fully saturated rings. The molecule has 5 heteroatoms. The molecule has 0 radical (unpaired) electrons. The molecular formula is C11H12N4O. The Kier molecular flexibility index (Phi) is 1.71. The van der Waals surface area contributed by atoms with E-state index in [1.165, 1.54) is 0 Å². The van der Waals surface area contributed by atoms with Crippen LogP contribution in [0.2, 0.25) is 0 Å². The van der Waals surface area contributed by atoms with Crippen LogP contribution in [0.15, 0.2) is 18.2 Å². The van der Waals surface area contributed by atoms with E-state index in [2.05, 4.69) is 10.3 Å². The highest BCUT2D eigenvalue weighted by atomic mass is 16.1. The SMILES string of the molecule is CC1CC(=O)Nc2nc3cc(N)ccc3n21. The van der Waals surface area contributed by atoms with Crippen molar-refractivity contribution in [3.8, 4) is 0 Å². The number of carbonyl (C=O) groups excluding carboxylic acids is 1. The minimum Gasteiger partial charge on any atom is -0.399 e. The lowest BCUT2D eigenvalue weighted by Crippen LogP contribution is -2.26. The van der Waals surface area contributed by atoms with E-state index < -0.39 is 0 Å². The monoisotopic (exact) mass is 216 g/mol. The third-order valence-corrected chi connectivity index (χ3v) is 2.89. The first-order valence-electron chi connectivity index (χ1n) is 5.22. The van der Waals surface area contributed by atoms with Gasteiger partial charge < -0.3 is 10.3 Å². The maximum atomic E-state index is 11.4. The van der Waals surface area contributed by atoms with Gasteiger partial charge in [-0.2, -0.15) is 0 Å². The summed E-state index contributed by atoms with van der Waals surface area (Å²) in [6, 6.07) is 5.74. The van der Waals surface area contributed by atoms with Gasteiger partial charge in [-0.1, -0.05) is 0 Å². The van der Waals surface area contributed by atoms with E-state index in [1.54, 1.807) is 0 Å². The average molecular weight is 216 g/mol. The molecule has 1 aromatic carbocycles. The number of benzene rings is 1. The van der Waals surface area contributed by atoms with Crippen LogP contribution in [-0.2, 0) is 4.79 Å². The molecule has 2 heterocycles. The zero-order valence-corrected chi connectivity index (χ0v) is 8.90. The van der Waals surface area contributed by atoms with E-state index in [0.717, 1.165) is 11.0 Å². The number of nitrogens with zero attached hydrogens (tertiary/aromatic N) is 2. The summed E-state index contributed by atoms with van der Waals surface area (Å²) in [4.78, 5) is 15.8. The molecule has 5 nitrogen and oxygen atoms in total. The molecule has 0 aliphatic carbocycles. The predicted molar refractivity (Wildman–Crippen MR) is 62.1 cm³/mol. The number of hydrogen-bond donors (Lipinski definition) is 2. The molecule has 1 aliphatic rings. The van der Waals surface area contributed by atoms with E-state index in [9.17, 15) is 4.79 Å². The molecule has 0 saturated heterocycles. The molecule has 1 amide bonds. The molecule has 1 atom stereocenters. The molecule has 1 unspecified atom stereocenters. The number of hydrogen-bond acceptors (Lipinski definition) is 3. The number of rotatable bonds is 0. The standard InChI is InChI=1S/C11H12N4O/c1-6-4-10(16)14-11-13-8-5-7(12)2-3-9(8)15(6)11/h2-3,5-6H,4,12H2,1H3,(H,13,14,16). The van der Waals surface area contributed by atoms with Crippen LogP contribution >= 0.6 is 0 Å². The van der Waals surface area contributed by atoms with Gasteiger partial charge in [0.1, 0.15) is 0 Å². The molecule has 0 saturated carbocycles. The van der Waals surface area contributed by atoms with Crippen LogP contribution in [0, 0.1) is 0 Å². The van der Waals surface area contributed by atoms with Crippen molar-refractivity contribution in [2.24, 2.45) is 0 Å². The van der Waals surface area contributed by atoms with Crippen LogP contribution < -0.4 is 11.1 Å². The van der Waals surface area contributed by atoms with Gasteiger partial charge in [0.25, 0.3) is 0 Å². The van der Waals surface area contributed by atoms with Gasteiger partial charge in [-0.05, 0) is 25.1 Å². The van der Waals surface area contributed by atoms with Gasteiger partial charge in [0.2, 0.25) is 11.9 Å². The fourth-order valence-corrected chi connectivity index (χ4v) is 2.19. The molecule has 1 aromatic heterocycles. The van der Waals surface area contributed by atoms with E-state index in [4.69, 9.17) is 5.73 Å². The summed E-state index contributed by atoms with van der Waals surface area (Å²) in [6.07, 6.45) is 0.489. The topological polar surface area (TPSA) is 72.9 Å². The van der Waals surface area contributed by atoms with Crippen molar-refractivity contribution >= 4 is 28.6 Å². The summed E-state index contributed by atoms with van der Waals surface area (Å²) >= 11 is 0. The Balaban J connectivity index is 2.30. The predicted octanol–water partition coefficient (Wildman–Crippen LogP) is 1.52. The largest absolute Gasteiger partial charge is 0.399 e. The number of anilines is 2. The van der Waals surface area contributed by atoms with Crippen LogP contribution in [0.1, 0.15) is 19.4 Å². The smallest absolute Gasteiger partial charge is 0.228 e. The summed E-state index contributed by atoms with van der Waals surface area (Å²) in [5, 5.41) is 2.77. The van der Waals surface area contributed by atoms with E-state index in [-0.39, 0.29) is 11.9 Å². The molecule has 0 bridgehead atoms. The number of imidazole rings is 1. The molecule has 1 aliphatic heterocycles. The van der Waals surface area contributed by atoms with Gasteiger partial charge in [0.15, 0.2) is 0 Å². The number of carbonyl (C=O) groups is 1. The number of nitrogens with one attached hydrogen (secondary N) is 1. The molecule has 3 N–H and O–H groups in total. The van der Waals surface area contributed by atoms with Gasteiger partial charge in [-0.25, -0.2) is 4.98 Å². The van der Waals surface area contributed by atoms with Gasteiger partial charge in [-0.15, -0.1) is 0 Å². The van der Waals surface area contributed by atoms with Gasteiger partial charge >= 0.3 is 0 Å². The third-order valence-electron chi connectivity index (χ3n) is 2.89. The zero-order valence-electron chi connectivity index (χ0n) is 8.90. The Hall–Kier alpha value is -2.04. The maximum Gasteiger partial charge on any atom is 0.228 e. The van der Waals surface area contributed by atoms with Crippen LogP contribution in [0.4, 0.5) is 11.6 Å². The van der Waals surface area contributed by atoms with E-state index in [0.29, 0.717) is 18.1 Å². The first kappa shape index (κ1) is 9.21. The number of fused-ring (bicyclic) bond motifs is 3. The van der Waals surface area contributed by atoms with Gasteiger partial charge in [-0.3, -0.25) is 10.1 Å². The molecular weight excluding hydrogens is 204 g/mol. The number of amides is 1. The Morgan fingerprint density at radius 1 is 1.56 bits per heavy atom. The van der Waals surface area contributed by atoms with Crippen molar-refractivity contribution in [3.05, 3.63) is 18.2 Å². The highest BCUT2D eigenvalue weighted by Crippen LogP contribution is 2.30. The quantitative estimate of drug-likeness (QED) is 0.656. The first-order chi connectivity index (χ1) is 7.65. The minimum atomic E-state index is 0.0169. The zero-order chi connectivity index (χ0) is 11.3. The van der Waals surface area contributed by atoms with Crippen molar-refractivity contribution < 1.29 is 4.79 Å². The lowest BCUT2D eigenvalue weighted by molar-refractivity contribution is -0.117. The second-order valence-electron chi connectivity index (χ2n) is 4.15. The Morgan fingerprint density at radius 2 is 2.38 bits per heavy atom. The lowest BCUT2D eigenvalue weighted by atomic mass is 10.2. The van der Waals surface area contributed by atoms with E-state index >= 15 is 0 Å². The van der Waals surface area contributed by atoms with Crippen LogP contribution in [-0.4, -0.2) is 15.5 Å². The summed E-state index contributed by atoms with van der Waals surface area (Å²) < 4.78 is 2.04. The highest BCUT2D eigenvalue weighted by Gasteiger charge is 2.24. The number of nitrogens with two attached hydrogens (primary N) is 1. The normalized spacial score (nSPS) is 19.6. The average Bonchev–Trinajstić information content (AvgIpc) is 2.54. The van der Waals surface area contributed by atoms with Crippen molar-refractivity contribution in [2.45, 2.75) is 19.4 Å². The van der Waals surface area contributed by atoms with Crippen molar-refractivity contribution in [3.63, 3.8) is 0 Å². The maximum absolute atomic E-state index is 11.4. The van der Waals surface area contributed by atoms with Gasteiger partial charge in [0.05, 0.1) is 11.0 Å². The fraction of sp³-hybridized carbons (Fsp3) is 0.273. The van der Waals surface area contributed by atoms with Gasteiger partial charge in [0, 0.05) is 18.2 Å². The highest BCUT2D eigenvalue weighted by molar-refractivity contribution is 5.94. The van der Waals surface area contributed by atoms with Crippen LogP contribution in [0.5, 0.6) is 0 Å². The second kappa shape index (κ2) is 2.98. The first-order valence-corrected chi connectivity index (χ1v) is 5.22. The van der Waals surface area contributed by atoms with E-state index in [1.807, 2.05) is 29.7 Å². The minimum absolute atomic E-state index is 0.0169. The third kappa shape index (κ3) is 1.18. The molecule has 0 spiro atoms. The molecule has 3 rings (SSSR count). The summed E-state index contributed by atoms with van der Waals surface area (Å²) in [5.41, 5.74) is 8.22. The number of aromatic nitrogens is 2. The fourth-order valence-electron chi connectivity index (χ4n) is 2.19. The van der Waals surface area contributed by atoms with Crippen molar-refractivity contribution in [2.75, 3.05) is 11.1 Å². The number of nitrogen functional groups attached to an aromatic ring is 1. The van der Waals surface area contributed by atoms with Crippen LogP contribution in [0.25, 0.3) is 11.0 Å². The Morgan fingerprint density at radius 3 is 3.19 bits per heavy atom. The van der Waals surface area contributed by atoms with Crippen LogP contribution in [0.3, 0.4) is 0 Å². The summed E-state index contributed by atoms with van der Waals surface area (Å²) in [5.74, 6) is 0.632. The Bertz CT molecular complexity index is 587. The molecule has 16 heavy (non-hydrogen) atoms. The summed E-state index contributed by atoms with van der Waals surface area (Å²) in [6.45, 7) is 2.01. The van der Waals surface area contributed by atoms with Crippen molar-refractivity contribution in [1.29, 1.82) is 0 Å².